The number of carbonyl (C=O) groups is 1. The Labute approximate surface area is 72.6 Å². The molecule has 1 rings (SSSR count). The van der Waals surface area contributed by atoms with Crippen LogP contribution < -0.4 is 0 Å². The number of carboxylic acids is 1. The third-order valence-electron chi connectivity index (χ3n) is 1.28. The van der Waals surface area contributed by atoms with Crippen LogP contribution >= 0.6 is 22.9 Å². The average Bonchev–Trinajstić information content (AvgIpc) is 2.33. The predicted molar refractivity (Wildman–Crippen MR) is 42.0 cm³/mol. The van der Waals surface area contributed by atoms with Crippen LogP contribution in [0.1, 0.15) is 18.5 Å². The Morgan fingerprint density at radius 2 is 2.55 bits per heavy atom. The molecule has 5 heteroatoms. The van der Waals surface area contributed by atoms with E-state index in [2.05, 4.69) is 10.5 Å². The molecule has 1 N–H and O–H groups in total. The van der Waals surface area contributed by atoms with Crippen LogP contribution in [0.3, 0.4) is 0 Å². The zero-order chi connectivity index (χ0) is 8.43. The SMILES string of the molecule is CC(C(=O)O)c1n[c]sc1Cl. The summed E-state index contributed by atoms with van der Waals surface area (Å²) in [6.45, 7) is 1.54. The van der Waals surface area contributed by atoms with E-state index in [-0.39, 0.29) is 0 Å². The van der Waals surface area contributed by atoms with Gasteiger partial charge >= 0.3 is 5.97 Å². The molecule has 0 saturated heterocycles. The minimum atomic E-state index is -0.925. The maximum atomic E-state index is 10.4. The standard InChI is InChI=1S/C6H5ClNO2S/c1-3(6(9)10)4-5(7)11-2-8-4/h3H,1H3,(H,9,10). The molecule has 1 radical (unpaired) electrons. The van der Waals surface area contributed by atoms with Crippen molar-refractivity contribution in [2.24, 2.45) is 0 Å². The van der Waals surface area contributed by atoms with Crippen LogP contribution in [0.25, 0.3) is 0 Å². The Kier molecular flexibility index (Phi) is 2.46. The number of halogens is 1. The molecule has 0 bridgehead atoms. The average molecular weight is 191 g/mol. The number of aliphatic carboxylic acids is 1. The molecule has 59 valence electrons. The molecular weight excluding hydrogens is 186 g/mol. The van der Waals surface area contributed by atoms with E-state index in [4.69, 9.17) is 16.7 Å². The summed E-state index contributed by atoms with van der Waals surface area (Å²) < 4.78 is 0.403. The minimum Gasteiger partial charge on any atom is -0.481 e. The van der Waals surface area contributed by atoms with Crippen molar-refractivity contribution < 1.29 is 9.90 Å². The molecule has 1 aromatic rings. The molecule has 0 aromatic carbocycles. The lowest BCUT2D eigenvalue weighted by Gasteiger charge is -2.00. The van der Waals surface area contributed by atoms with Crippen molar-refractivity contribution in [2.75, 3.05) is 0 Å². The zero-order valence-corrected chi connectivity index (χ0v) is 7.24. The molecule has 1 heterocycles. The van der Waals surface area contributed by atoms with Crippen molar-refractivity contribution in [3.05, 3.63) is 15.5 Å². The van der Waals surface area contributed by atoms with Crippen LogP contribution in [0.5, 0.6) is 0 Å². The topological polar surface area (TPSA) is 50.2 Å². The minimum absolute atomic E-state index is 0.393. The van der Waals surface area contributed by atoms with Crippen LogP contribution in [0, 0.1) is 5.51 Å². The van der Waals surface area contributed by atoms with Crippen molar-refractivity contribution in [3.8, 4) is 0 Å². The smallest absolute Gasteiger partial charge is 0.312 e. The summed E-state index contributed by atoms with van der Waals surface area (Å²) in [5.74, 6) is -1.57. The quantitative estimate of drug-likeness (QED) is 0.774. The van der Waals surface area contributed by atoms with Crippen molar-refractivity contribution in [3.63, 3.8) is 0 Å². The van der Waals surface area contributed by atoms with E-state index < -0.39 is 11.9 Å². The van der Waals surface area contributed by atoms with Crippen LogP contribution in [0.2, 0.25) is 4.34 Å². The molecule has 11 heavy (non-hydrogen) atoms. The monoisotopic (exact) mass is 190 g/mol. The summed E-state index contributed by atoms with van der Waals surface area (Å²) in [5.41, 5.74) is 2.92. The number of thiazole rings is 1. The highest BCUT2D eigenvalue weighted by Crippen LogP contribution is 2.26. The summed E-state index contributed by atoms with van der Waals surface area (Å²) in [6, 6.07) is 0. The molecule has 0 aliphatic rings. The maximum Gasteiger partial charge on any atom is 0.312 e. The Balaban J connectivity index is 2.92. The van der Waals surface area contributed by atoms with Gasteiger partial charge in [-0.15, -0.1) is 0 Å². The molecule has 3 nitrogen and oxygen atoms in total. The normalized spacial score (nSPS) is 12.9. The van der Waals surface area contributed by atoms with E-state index in [1.807, 2.05) is 0 Å². The van der Waals surface area contributed by atoms with E-state index in [0.29, 0.717) is 10.0 Å². The Morgan fingerprint density at radius 1 is 1.91 bits per heavy atom. The Hall–Kier alpha value is -0.610. The first-order valence-corrected chi connectivity index (χ1v) is 4.07. The summed E-state index contributed by atoms with van der Waals surface area (Å²) >= 11 is 6.76. The fraction of sp³-hybridized carbons (Fsp3) is 0.333. The van der Waals surface area contributed by atoms with Crippen LogP contribution in [-0.2, 0) is 4.79 Å². The summed E-state index contributed by atoms with van der Waals surface area (Å²) in [6.07, 6.45) is 0. The van der Waals surface area contributed by atoms with Gasteiger partial charge in [0.15, 0.2) is 5.51 Å². The second kappa shape index (κ2) is 3.19. The van der Waals surface area contributed by atoms with Gasteiger partial charge in [-0.05, 0) is 6.92 Å². The van der Waals surface area contributed by atoms with Crippen molar-refractivity contribution >= 4 is 28.9 Å². The highest BCUT2D eigenvalue weighted by atomic mass is 35.5. The lowest BCUT2D eigenvalue weighted by molar-refractivity contribution is -0.138. The molecule has 0 fully saturated rings. The van der Waals surface area contributed by atoms with Gasteiger partial charge in [-0.25, -0.2) is 4.98 Å². The first-order chi connectivity index (χ1) is 5.13. The van der Waals surface area contributed by atoms with E-state index >= 15 is 0 Å². The Bertz CT molecular complexity index is 273. The number of rotatable bonds is 2. The highest BCUT2D eigenvalue weighted by Gasteiger charge is 2.19. The van der Waals surface area contributed by atoms with E-state index in [9.17, 15) is 4.79 Å². The van der Waals surface area contributed by atoms with Crippen molar-refractivity contribution in [1.29, 1.82) is 0 Å². The highest BCUT2D eigenvalue weighted by molar-refractivity contribution is 7.13. The molecule has 0 saturated carbocycles. The molecule has 0 spiro atoms. The number of hydrogen-bond acceptors (Lipinski definition) is 3. The fourth-order valence-electron chi connectivity index (χ4n) is 0.592. The van der Waals surface area contributed by atoms with Gasteiger partial charge < -0.3 is 5.11 Å². The van der Waals surface area contributed by atoms with E-state index in [1.165, 1.54) is 6.92 Å². The van der Waals surface area contributed by atoms with Crippen LogP contribution in [0.15, 0.2) is 0 Å². The molecule has 0 aliphatic heterocycles. The third kappa shape index (κ3) is 1.70. The molecule has 0 aliphatic carbocycles. The molecule has 1 aromatic heterocycles. The molecule has 1 unspecified atom stereocenters. The first-order valence-electron chi connectivity index (χ1n) is 2.88. The lowest BCUT2D eigenvalue weighted by atomic mass is 10.1. The second-order valence-corrected chi connectivity index (χ2v) is 3.42. The lowest BCUT2D eigenvalue weighted by Crippen LogP contribution is -2.07. The molecular formula is C6H5ClNO2S. The second-order valence-electron chi connectivity index (χ2n) is 2.02. The number of carboxylic acid groups (broad SMARTS) is 1. The predicted octanol–water partition coefficient (Wildman–Crippen LogP) is 1.78. The maximum absolute atomic E-state index is 10.4. The molecule has 1 atom stereocenters. The van der Waals surface area contributed by atoms with Gasteiger partial charge in [-0.2, -0.15) is 0 Å². The van der Waals surface area contributed by atoms with Crippen molar-refractivity contribution in [1.82, 2.24) is 4.98 Å². The van der Waals surface area contributed by atoms with Gasteiger partial charge in [0.25, 0.3) is 0 Å². The summed E-state index contributed by atoms with van der Waals surface area (Å²) in [4.78, 5) is 14.2. The van der Waals surface area contributed by atoms with Crippen LogP contribution in [-0.4, -0.2) is 16.1 Å². The van der Waals surface area contributed by atoms with E-state index in [0.717, 1.165) is 11.3 Å². The van der Waals surface area contributed by atoms with Gasteiger partial charge in [-0.3, -0.25) is 4.79 Å². The first kappa shape index (κ1) is 8.49. The fourth-order valence-corrected chi connectivity index (χ4v) is 1.45. The zero-order valence-electron chi connectivity index (χ0n) is 5.67. The van der Waals surface area contributed by atoms with Gasteiger partial charge in [0, 0.05) is 0 Å². The summed E-state index contributed by atoms with van der Waals surface area (Å²) in [7, 11) is 0. The number of hydrogen-bond donors (Lipinski definition) is 1. The largest absolute Gasteiger partial charge is 0.481 e. The van der Waals surface area contributed by atoms with Gasteiger partial charge in [0.05, 0.1) is 11.6 Å². The number of aromatic nitrogens is 1. The third-order valence-corrected chi connectivity index (χ3v) is 2.28. The van der Waals surface area contributed by atoms with E-state index in [1.54, 1.807) is 0 Å². The van der Waals surface area contributed by atoms with Crippen molar-refractivity contribution in [2.45, 2.75) is 12.8 Å². The van der Waals surface area contributed by atoms with Gasteiger partial charge in [0.1, 0.15) is 4.34 Å². The Morgan fingerprint density at radius 3 is 2.91 bits per heavy atom. The van der Waals surface area contributed by atoms with Gasteiger partial charge in [0.2, 0.25) is 0 Å². The number of nitrogens with zero attached hydrogens (tertiary/aromatic N) is 1. The molecule has 0 amide bonds. The summed E-state index contributed by atoms with van der Waals surface area (Å²) in [5, 5.41) is 8.57. The van der Waals surface area contributed by atoms with Crippen LogP contribution in [0.4, 0.5) is 0 Å². The van der Waals surface area contributed by atoms with Gasteiger partial charge in [-0.1, -0.05) is 22.9 Å².